The van der Waals surface area contributed by atoms with Gasteiger partial charge in [-0.15, -0.1) is 37.2 Å². The second-order valence-corrected chi connectivity index (χ2v) is 6.71. The van der Waals surface area contributed by atoms with Gasteiger partial charge in [-0.05, 0) is 0 Å². The van der Waals surface area contributed by atoms with E-state index in [1.165, 1.54) is 5.69 Å². The first-order valence-corrected chi connectivity index (χ1v) is 9.57. The van der Waals surface area contributed by atoms with Crippen molar-refractivity contribution in [1.29, 1.82) is 0 Å². The van der Waals surface area contributed by atoms with Crippen LogP contribution in [0.3, 0.4) is 0 Å². The van der Waals surface area contributed by atoms with Crippen LogP contribution >= 0.6 is 60.7 Å². The lowest BCUT2D eigenvalue weighted by molar-refractivity contribution is 0.957. The van der Waals surface area contributed by atoms with Crippen molar-refractivity contribution in [2.24, 2.45) is 21.5 Å². The Morgan fingerprint density at radius 3 is 2.00 bits per heavy atom. The van der Waals surface area contributed by atoms with Crippen molar-refractivity contribution >= 4 is 72.7 Å². The standard InChI is InChI=1S/C13H26N8S2.3ClH/c1-16-12(14)18-3-5-22-7-10-11(21-9-20-10)8-23-6-4-19-13(15)17-2;;;/h9H,3-8H2,1-2H3,(H,20,21)(H3,14,16,18)(H3,15,17,19);3*1H. The molecular formula is C13H29Cl3N8S2. The second kappa shape index (κ2) is 19.1. The summed E-state index contributed by atoms with van der Waals surface area (Å²) in [5.74, 6) is 4.67. The molecule has 0 atom stereocenters. The highest BCUT2D eigenvalue weighted by molar-refractivity contribution is 7.98. The predicted octanol–water partition coefficient (Wildman–Crippen LogP) is 1.21. The molecule has 0 aliphatic heterocycles. The molecule has 26 heavy (non-hydrogen) atoms. The van der Waals surface area contributed by atoms with Crippen molar-refractivity contribution in [3.63, 3.8) is 0 Å². The molecule has 1 aromatic heterocycles. The minimum Gasteiger partial charge on any atom is -0.370 e. The molecule has 8 nitrogen and oxygen atoms in total. The summed E-state index contributed by atoms with van der Waals surface area (Å²) >= 11 is 3.65. The van der Waals surface area contributed by atoms with Crippen LogP contribution in [0, 0.1) is 0 Å². The monoisotopic (exact) mass is 466 g/mol. The maximum absolute atomic E-state index is 5.57. The molecule has 7 N–H and O–H groups in total. The SMILES string of the molecule is CN=C(N)NCCSCc1nc[nH]c1CSCCNC(N)=NC.Cl.Cl.Cl. The molecule has 0 aliphatic carbocycles. The van der Waals surface area contributed by atoms with Crippen LogP contribution in [-0.4, -0.2) is 60.6 Å². The summed E-state index contributed by atoms with van der Waals surface area (Å²) in [4.78, 5) is 15.3. The normalized spacial score (nSPS) is 11.0. The molecule has 0 spiro atoms. The number of hydrogen-bond acceptors (Lipinski definition) is 5. The maximum Gasteiger partial charge on any atom is 0.188 e. The summed E-state index contributed by atoms with van der Waals surface area (Å²) in [6.45, 7) is 1.60. The highest BCUT2D eigenvalue weighted by Gasteiger charge is 2.06. The number of nitrogens with one attached hydrogen (secondary N) is 3. The van der Waals surface area contributed by atoms with Gasteiger partial charge in [0.15, 0.2) is 11.9 Å². The number of aliphatic imine (C=N–C) groups is 2. The van der Waals surface area contributed by atoms with E-state index in [1.54, 1.807) is 20.4 Å². The Balaban J connectivity index is -0.00000176. The van der Waals surface area contributed by atoms with Gasteiger partial charge in [0.2, 0.25) is 0 Å². The Bertz CT molecular complexity index is 471. The zero-order chi connectivity index (χ0) is 16.9. The average molecular weight is 468 g/mol. The first kappa shape index (κ1) is 30.1. The van der Waals surface area contributed by atoms with Crippen LogP contribution < -0.4 is 22.1 Å². The molecular weight excluding hydrogens is 439 g/mol. The average Bonchev–Trinajstić information content (AvgIpc) is 3.01. The van der Waals surface area contributed by atoms with Gasteiger partial charge in [0.25, 0.3) is 0 Å². The van der Waals surface area contributed by atoms with E-state index >= 15 is 0 Å². The summed E-state index contributed by atoms with van der Waals surface area (Å²) in [6, 6.07) is 0. The van der Waals surface area contributed by atoms with Crippen molar-refractivity contribution in [2.75, 3.05) is 38.7 Å². The lowest BCUT2D eigenvalue weighted by Gasteiger charge is -2.06. The van der Waals surface area contributed by atoms with Crippen LogP contribution in [-0.2, 0) is 11.5 Å². The van der Waals surface area contributed by atoms with Gasteiger partial charge in [-0.25, -0.2) is 4.98 Å². The molecule has 0 saturated carbocycles. The quantitative estimate of drug-likeness (QED) is 0.199. The summed E-state index contributed by atoms with van der Waals surface area (Å²) in [6.07, 6.45) is 1.76. The molecule has 0 bridgehead atoms. The Kier molecular flexibility index (Phi) is 22.1. The zero-order valence-corrected chi connectivity index (χ0v) is 18.9. The minimum absolute atomic E-state index is 0. The molecule has 0 amide bonds. The third-order valence-corrected chi connectivity index (χ3v) is 4.84. The molecule has 1 aromatic rings. The number of nitrogens with zero attached hydrogens (tertiary/aromatic N) is 3. The van der Waals surface area contributed by atoms with Crippen molar-refractivity contribution in [3.8, 4) is 0 Å². The number of H-pyrrole nitrogens is 1. The fourth-order valence-corrected chi connectivity index (χ4v) is 3.28. The van der Waals surface area contributed by atoms with Crippen LogP contribution in [0.5, 0.6) is 0 Å². The molecule has 0 saturated heterocycles. The van der Waals surface area contributed by atoms with Gasteiger partial charge < -0.3 is 27.1 Å². The molecule has 1 heterocycles. The van der Waals surface area contributed by atoms with Gasteiger partial charge in [-0.1, -0.05) is 0 Å². The zero-order valence-electron chi connectivity index (χ0n) is 14.9. The van der Waals surface area contributed by atoms with E-state index < -0.39 is 0 Å². The minimum atomic E-state index is 0. The Morgan fingerprint density at radius 1 is 1.00 bits per heavy atom. The fourth-order valence-electron chi connectivity index (χ4n) is 1.60. The number of hydrogen-bond donors (Lipinski definition) is 5. The van der Waals surface area contributed by atoms with Crippen molar-refractivity contribution in [3.05, 3.63) is 17.7 Å². The topological polar surface area (TPSA) is 130 Å². The summed E-state index contributed by atoms with van der Waals surface area (Å²) < 4.78 is 0. The Hall–Kier alpha value is -0.680. The van der Waals surface area contributed by atoms with E-state index in [0.717, 1.165) is 41.8 Å². The van der Waals surface area contributed by atoms with Gasteiger partial charge in [-0.2, -0.15) is 23.5 Å². The number of thioether (sulfide) groups is 2. The van der Waals surface area contributed by atoms with Crippen molar-refractivity contribution in [1.82, 2.24) is 20.6 Å². The number of rotatable bonds is 10. The fraction of sp³-hybridized carbons (Fsp3) is 0.615. The van der Waals surface area contributed by atoms with Crippen LogP contribution in [0.25, 0.3) is 0 Å². The first-order valence-electron chi connectivity index (χ1n) is 7.26. The molecule has 0 radical (unpaired) electrons. The molecule has 1 rings (SSSR count). The smallest absolute Gasteiger partial charge is 0.188 e. The lowest BCUT2D eigenvalue weighted by Crippen LogP contribution is -2.33. The summed E-state index contributed by atoms with van der Waals surface area (Å²) in [5.41, 5.74) is 13.4. The number of imidazole rings is 1. The lowest BCUT2D eigenvalue weighted by atomic mass is 10.4. The van der Waals surface area contributed by atoms with E-state index in [9.17, 15) is 0 Å². The summed E-state index contributed by atoms with van der Waals surface area (Å²) in [5, 5.41) is 6.08. The van der Waals surface area contributed by atoms with Gasteiger partial charge in [0.05, 0.1) is 12.0 Å². The molecule has 0 aliphatic rings. The van der Waals surface area contributed by atoms with Gasteiger partial charge in [0.1, 0.15) is 0 Å². The molecule has 0 aromatic carbocycles. The van der Waals surface area contributed by atoms with Crippen molar-refractivity contribution < 1.29 is 0 Å². The van der Waals surface area contributed by atoms with Crippen LogP contribution in [0.4, 0.5) is 0 Å². The van der Waals surface area contributed by atoms with Gasteiger partial charge in [-0.3, -0.25) is 9.98 Å². The number of halogens is 3. The van der Waals surface area contributed by atoms with E-state index in [4.69, 9.17) is 11.5 Å². The largest absolute Gasteiger partial charge is 0.370 e. The molecule has 154 valence electrons. The third-order valence-electron chi connectivity index (χ3n) is 2.88. The van der Waals surface area contributed by atoms with E-state index in [2.05, 4.69) is 30.6 Å². The number of guanidine groups is 2. The number of aromatic nitrogens is 2. The highest BCUT2D eigenvalue weighted by atomic mass is 35.5. The Morgan fingerprint density at radius 2 is 1.50 bits per heavy atom. The molecule has 0 unspecified atom stereocenters. The van der Waals surface area contributed by atoms with E-state index in [-0.39, 0.29) is 37.2 Å². The van der Waals surface area contributed by atoms with Gasteiger partial charge >= 0.3 is 0 Å². The van der Waals surface area contributed by atoms with Crippen LogP contribution in [0.15, 0.2) is 16.3 Å². The molecule has 13 heteroatoms. The van der Waals surface area contributed by atoms with Crippen molar-refractivity contribution in [2.45, 2.75) is 11.5 Å². The molecule has 0 fully saturated rings. The van der Waals surface area contributed by atoms with Gasteiger partial charge in [0, 0.05) is 55.9 Å². The third kappa shape index (κ3) is 13.5. The van der Waals surface area contributed by atoms with E-state index in [1.807, 2.05) is 23.5 Å². The first-order chi connectivity index (χ1) is 11.2. The number of aromatic amines is 1. The number of nitrogens with two attached hydrogens (primary N) is 2. The summed E-state index contributed by atoms with van der Waals surface area (Å²) in [7, 11) is 3.34. The van der Waals surface area contributed by atoms with Crippen LogP contribution in [0.1, 0.15) is 11.4 Å². The van der Waals surface area contributed by atoms with Crippen LogP contribution in [0.2, 0.25) is 0 Å². The second-order valence-electron chi connectivity index (χ2n) is 4.50. The van der Waals surface area contributed by atoms with E-state index in [0.29, 0.717) is 11.9 Å². The Labute approximate surface area is 182 Å². The maximum atomic E-state index is 5.57. The highest BCUT2D eigenvalue weighted by Crippen LogP contribution is 2.17. The predicted molar refractivity (Wildman–Crippen MR) is 124 cm³/mol.